The summed E-state index contributed by atoms with van der Waals surface area (Å²) in [5.74, 6) is -0.0921. The Morgan fingerprint density at radius 2 is 2.46 bits per heavy atom. The van der Waals surface area contributed by atoms with Crippen LogP contribution in [0.2, 0.25) is 0 Å². The maximum atomic E-state index is 11.2. The molecule has 2 aromatic rings. The normalized spacial score (nSPS) is 10.5. The molecule has 0 aliphatic carbocycles. The van der Waals surface area contributed by atoms with Gasteiger partial charge in [-0.2, -0.15) is 5.10 Å². The van der Waals surface area contributed by atoms with Gasteiger partial charge in [-0.3, -0.25) is 4.79 Å². The van der Waals surface area contributed by atoms with Gasteiger partial charge in [0.2, 0.25) is 0 Å². The van der Waals surface area contributed by atoms with E-state index in [-0.39, 0.29) is 12.3 Å². The number of nitrogens with two attached hydrogens (primary N) is 1. The molecule has 0 aliphatic rings. The van der Waals surface area contributed by atoms with Gasteiger partial charge >= 0.3 is 0 Å². The van der Waals surface area contributed by atoms with E-state index in [1.807, 2.05) is 0 Å². The first kappa shape index (κ1) is 7.88. The third kappa shape index (κ3) is 1.29. The van der Waals surface area contributed by atoms with Crippen LogP contribution in [-0.2, 0) is 0 Å². The summed E-state index contributed by atoms with van der Waals surface area (Å²) >= 11 is 0. The Bertz CT molecular complexity index is 448. The van der Waals surface area contributed by atoms with Gasteiger partial charge in [-0.15, -0.1) is 0 Å². The van der Waals surface area contributed by atoms with Crippen molar-refractivity contribution in [3.05, 3.63) is 30.2 Å². The third-order valence-corrected chi connectivity index (χ3v) is 1.79. The summed E-state index contributed by atoms with van der Waals surface area (Å²) < 4.78 is 1.59. The van der Waals surface area contributed by atoms with Crippen molar-refractivity contribution in [3.63, 3.8) is 0 Å². The molecule has 0 fully saturated rings. The van der Waals surface area contributed by atoms with Crippen molar-refractivity contribution < 1.29 is 4.79 Å². The maximum Gasteiger partial charge on any atom is 0.176 e. The van der Waals surface area contributed by atoms with Gasteiger partial charge in [-0.1, -0.05) is 0 Å². The minimum atomic E-state index is -0.0921. The molecule has 0 saturated heterocycles. The van der Waals surface area contributed by atoms with Crippen molar-refractivity contribution in [2.75, 3.05) is 6.54 Å². The maximum absolute atomic E-state index is 11.2. The highest BCUT2D eigenvalue weighted by Crippen LogP contribution is 2.03. The number of ketones is 1. The minimum absolute atomic E-state index is 0.0182. The first-order valence-electron chi connectivity index (χ1n) is 3.84. The van der Waals surface area contributed by atoms with Crippen molar-refractivity contribution in [3.8, 4) is 0 Å². The highest BCUT2D eigenvalue weighted by atomic mass is 16.1. The minimum Gasteiger partial charge on any atom is -0.324 e. The van der Waals surface area contributed by atoms with Crippen LogP contribution >= 0.6 is 0 Å². The molecule has 2 rings (SSSR count). The fourth-order valence-electron chi connectivity index (χ4n) is 1.11. The molecule has 0 bridgehead atoms. The van der Waals surface area contributed by atoms with Gasteiger partial charge in [0.05, 0.1) is 6.54 Å². The molecular weight excluding hydrogens is 168 g/mol. The summed E-state index contributed by atoms with van der Waals surface area (Å²) in [6.07, 6.45) is 3.12. The number of aromatic nitrogens is 3. The molecule has 5 nitrogen and oxygen atoms in total. The summed E-state index contributed by atoms with van der Waals surface area (Å²) in [6, 6.07) is 3.35. The number of pyridine rings is 1. The molecule has 0 atom stereocenters. The summed E-state index contributed by atoms with van der Waals surface area (Å²) in [5, 5.41) is 3.91. The van der Waals surface area contributed by atoms with Gasteiger partial charge in [0, 0.05) is 11.8 Å². The van der Waals surface area contributed by atoms with Gasteiger partial charge in [-0.05, 0) is 12.1 Å². The molecule has 0 amide bonds. The SMILES string of the molecule is NCC(=O)c1ccn2ncnc2c1. The second kappa shape index (κ2) is 2.95. The van der Waals surface area contributed by atoms with Crippen LogP contribution < -0.4 is 5.73 Å². The number of hydrogen-bond donors (Lipinski definition) is 1. The van der Waals surface area contributed by atoms with Crippen LogP contribution in [0, 0.1) is 0 Å². The van der Waals surface area contributed by atoms with Crippen molar-refractivity contribution >= 4 is 11.4 Å². The topological polar surface area (TPSA) is 73.3 Å². The summed E-state index contributed by atoms with van der Waals surface area (Å²) in [6.45, 7) is 0.0182. The zero-order valence-electron chi connectivity index (χ0n) is 6.84. The Labute approximate surface area is 74.2 Å². The van der Waals surface area contributed by atoms with E-state index in [0.29, 0.717) is 11.2 Å². The highest BCUT2D eigenvalue weighted by molar-refractivity contribution is 5.98. The lowest BCUT2D eigenvalue weighted by atomic mass is 10.2. The quantitative estimate of drug-likeness (QED) is 0.647. The van der Waals surface area contributed by atoms with Gasteiger partial charge in [0.1, 0.15) is 6.33 Å². The summed E-state index contributed by atoms with van der Waals surface area (Å²) in [7, 11) is 0. The van der Waals surface area contributed by atoms with E-state index in [4.69, 9.17) is 5.73 Å². The van der Waals surface area contributed by atoms with Gasteiger partial charge < -0.3 is 5.73 Å². The first-order chi connectivity index (χ1) is 6.31. The number of fused-ring (bicyclic) bond motifs is 1. The molecule has 0 aromatic carbocycles. The molecule has 2 heterocycles. The van der Waals surface area contributed by atoms with Crippen LogP contribution in [0.15, 0.2) is 24.7 Å². The summed E-state index contributed by atoms with van der Waals surface area (Å²) in [5.41, 5.74) is 6.46. The Morgan fingerprint density at radius 3 is 3.23 bits per heavy atom. The van der Waals surface area contributed by atoms with E-state index in [9.17, 15) is 4.79 Å². The number of nitrogens with zero attached hydrogens (tertiary/aromatic N) is 3. The highest BCUT2D eigenvalue weighted by Gasteiger charge is 2.04. The van der Waals surface area contributed by atoms with Crippen molar-refractivity contribution in [1.29, 1.82) is 0 Å². The van der Waals surface area contributed by atoms with Crippen molar-refractivity contribution in [2.24, 2.45) is 5.73 Å². The van der Waals surface area contributed by atoms with E-state index in [0.717, 1.165) is 0 Å². The van der Waals surface area contributed by atoms with E-state index < -0.39 is 0 Å². The van der Waals surface area contributed by atoms with E-state index in [1.54, 1.807) is 22.8 Å². The van der Waals surface area contributed by atoms with Crippen LogP contribution in [0.5, 0.6) is 0 Å². The molecule has 13 heavy (non-hydrogen) atoms. The zero-order chi connectivity index (χ0) is 9.26. The van der Waals surface area contributed by atoms with Gasteiger partial charge in [0.25, 0.3) is 0 Å². The van der Waals surface area contributed by atoms with Crippen molar-refractivity contribution in [2.45, 2.75) is 0 Å². The number of rotatable bonds is 2. The second-order valence-electron chi connectivity index (χ2n) is 2.61. The second-order valence-corrected chi connectivity index (χ2v) is 2.61. The molecule has 5 heteroatoms. The lowest BCUT2D eigenvalue weighted by Gasteiger charge is -1.97. The fraction of sp³-hybridized carbons (Fsp3) is 0.125. The summed E-state index contributed by atoms with van der Waals surface area (Å²) in [4.78, 5) is 15.2. The number of carbonyl (C=O) groups excluding carboxylic acids is 1. The molecule has 66 valence electrons. The molecule has 0 saturated carbocycles. The van der Waals surface area contributed by atoms with Crippen LogP contribution in [-0.4, -0.2) is 26.9 Å². The number of Topliss-reactive ketones (excluding diaryl/α,β-unsaturated/α-hetero) is 1. The molecule has 0 spiro atoms. The Hall–Kier alpha value is -1.75. The molecule has 0 radical (unpaired) electrons. The largest absolute Gasteiger partial charge is 0.324 e. The first-order valence-corrected chi connectivity index (χ1v) is 3.84. The molecule has 2 N–H and O–H groups in total. The molecule has 2 aromatic heterocycles. The van der Waals surface area contributed by atoms with Gasteiger partial charge in [-0.25, -0.2) is 9.50 Å². The van der Waals surface area contributed by atoms with Crippen molar-refractivity contribution in [1.82, 2.24) is 14.6 Å². The monoisotopic (exact) mass is 176 g/mol. The lowest BCUT2D eigenvalue weighted by molar-refractivity contribution is 0.100. The Balaban J connectivity index is 2.54. The lowest BCUT2D eigenvalue weighted by Crippen LogP contribution is -2.13. The van der Waals surface area contributed by atoms with E-state index in [1.165, 1.54) is 6.33 Å². The average Bonchev–Trinajstić information content (AvgIpc) is 2.63. The molecule has 0 aliphatic heterocycles. The Kier molecular flexibility index (Phi) is 1.79. The van der Waals surface area contributed by atoms with Crippen LogP contribution in [0.25, 0.3) is 5.65 Å². The number of hydrogen-bond acceptors (Lipinski definition) is 4. The van der Waals surface area contributed by atoms with Crippen LogP contribution in [0.1, 0.15) is 10.4 Å². The molecule has 0 unspecified atom stereocenters. The smallest absolute Gasteiger partial charge is 0.176 e. The zero-order valence-corrected chi connectivity index (χ0v) is 6.84. The standard InChI is InChI=1S/C8H8N4O/c9-4-7(13)6-1-2-12-8(3-6)10-5-11-12/h1-3,5H,4,9H2. The average molecular weight is 176 g/mol. The van der Waals surface area contributed by atoms with Crippen LogP contribution in [0.3, 0.4) is 0 Å². The van der Waals surface area contributed by atoms with Crippen LogP contribution in [0.4, 0.5) is 0 Å². The predicted molar refractivity (Wildman–Crippen MR) is 46.4 cm³/mol. The Morgan fingerprint density at radius 1 is 1.62 bits per heavy atom. The van der Waals surface area contributed by atoms with E-state index >= 15 is 0 Å². The van der Waals surface area contributed by atoms with Gasteiger partial charge in [0.15, 0.2) is 11.4 Å². The molecular formula is C8H8N4O. The number of carbonyl (C=O) groups is 1. The fourth-order valence-corrected chi connectivity index (χ4v) is 1.11. The van der Waals surface area contributed by atoms with E-state index in [2.05, 4.69) is 10.1 Å². The third-order valence-electron chi connectivity index (χ3n) is 1.79. The predicted octanol–water partition coefficient (Wildman–Crippen LogP) is -0.129.